The van der Waals surface area contributed by atoms with E-state index in [1.807, 2.05) is 0 Å². The van der Waals surface area contributed by atoms with E-state index >= 15 is 0 Å². The highest BCUT2D eigenvalue weighted by Gasteiger charge is 2.45. The van der Waals surface area contributed by atoms with Gasteiger partial charge in [-0.25, -0.2) is 0 Å². The molecule has 0 radical (unpaired) electrons. The number of aliphatic hydroxyl groups is 4. The maximum Gasteiger partial charge on any atom is 0.200 e. The van der Waals surface area contributed by atoms with Gasteiger partial charge in [0.15, 0.2) is 11.5 Å². The molecule has 164 valence electrons. The van der Waals surface area contributed by atoms with E-state index in [1.54, 1.807) is 0 Å². The van der Waals surface area contributed by atoms with Crippen molar-refractivity contribution in [2.24, 2.45) is 0 Å². The number of phenols is 3. The van der Waals surface area contributed by atoms with E-state index in [1.165, 1.54) is 30.3 Å². The number of ether oxygens (including phenoxy) is 1. The van der Waals surface area contributed by atoms with E-state index in [-0.39, 0.29) is 33.4 Å². The van der Waals surface area contributed by atoms with E-state index in [2.05, 4.69) is 0 Å². The van der Waals surface area contributed by atoms with Gasteiger partial charge in [0.05, 0.1) is 23.1 Å². The SMILES string of the molecule is O=c1c(-c2ccc(O)c(O)c2)coc2c([C@@H]3O[C@H](CO)[C@@H](O)[C@H](O)[C@H]3O)c(O)ccc12. The van der Waals surface area contributed by atoms with Crippen molar-refractivity contribution in [3.8, 4) is 28.4 Å². The molecule has 1 aromatic heterocycles. The van der Waals surface area contributed by atoms with Crippen LogP contribution in [0.15, 0.2) is 45.8 Å². The minimum atomic E-state index is -1.69. The fraction of sp³-hybridized carbons (Fsp3) is 0.286. The summed E-state index contributed by atoms with van der Waals surface area (Å²) in [4.78, 5) is 13.1. The molecule has 2 heterocycles. The van der Waals surface area contributed by atoms with Gasteiger partial charge in [-0.1, -0.05) is 6.07 Å². The van der Waals surface area contributed by atoms with Gasteiger partial charge in [0.2, 0.25) is 5.43 Å². The molecule has 2 aromatic carbocycles. The van der Waals surface area contributed by atoms with Crippen molar-refractivity contribution >= 4 is 11.0 Å². The van der Waals surface area contributed by atoms with E-state index in [4.69, 9.17) is 9.15 Å². The Labute approximate surface area is 174 Å². The summed E-state index contributed by atoms with van der Waals surface area (Å²) in [6, 6.07) is 6.30. The van der Waals surface area contributed by atoms with Gasteiger partial charge in [-0.15, -0.1) is 0 Å². The predicted octanol–water partition coefficient (Wildman–Crippen LogP) is 0.0917. The van der Waals surface area contributed by atoms with Crippen molar-refractivity contribution in [3.05, 3.63) is 52.4 Å². The minimum Gasteiger partial charge on any atom is -0.507 e. The van der Waals surface area contributed by atoms with Gasteiger partial charge in [0.1, 0.15) is 48.1 Å². The normalized spacial score (nSPS) is 26.3. The molecule has 0 amide bonds. The topological polar surface area (TPSA) is 181 Å². The molecule has 0 saturated carbocycles. The molecular weight excluding hydrogens is 412 g/mol. The lowest BCUT2D eigenvalue weighted by Crippen LogP contribution is -2.55. The van der Waals surface area contributed by atoms with Crippen LogP contribution in [0.25, 0.3) is 22.1 Å². The van der Waals surface area contributed by atoms with E-state index < -0.39 is 54.1 Å². The lowest BCUT2D eigenvalue weighted by atomic mass is 9.89. The second-order valence-electron chi connectivity index (χ2n) is 7.31. The highest BCUT2D eigenvalue weighted by atomic mass is 16.5. The van der Waals surface area contributed by atoms with Gasteiger partial charge in [-0.05, 0) is 29.8 Å². The first-order chi connectivity index (χ1) is 14.7. The number of phenolic OH excluding ortho intramolecular Hbond substituents is 3. The van der Waals surface area contributed by atoms with Crippen molar-refractivity contribution in [3.63, 3.8) is 0 Å². The predicted molar refractivity (Wildman–Crippen MR) is 106 cm³/mol. The van der Waals surface area contributed by atoms with Crippen LogP contribution in [0.3, 0.4) is 0 Å². The van der Waals surface area contributed by atoms with Gasteiger partial charge in [0, 0.05) is 0 Å². The van der Waals surface area contributed by atoms with Crippen LogP contribution in [-0.2, 0) is 4.74 Å². The third-order valence-corrected chi connectivity index (χ3v) is 5.42. The van der Waals surface area contributed by atoms with Crippen LogP contribution in [0.5, 0.6) is 17.2 Å². The molecule has 31 heavy (non-hydrogen) atoms. The largest absolute Gasteiger partial charge is 0.507 e. The molecule has 0 unspecified atom stereocenters. The summed E-state index contributed by atoms with van der Waals surface area (Å²) in [7, 11) is 0. The van der Waals surface area contributed by atoms with Crippen molar-refractivity contribution < 1.29 is 44.9 Å². The molecule has 5 atom stereocenters. The van der Waals surface area contributed by atoms with Gasteiger partial charge >= 0.3 is 0 Å². The lowest BCUT2D eigenvalue weighted by molar-refractivity contribution is -0.231. The Morgan fingerprint density at radius 1 is 0.871 bits per heavy atom. The Balaban J connectivity index is 1.88. The molecule has 1 aliphatic heterocycles. The number of benzene rings is 2. The van der Waals surface area contributed by atoms with Crippen LogP contribution in [-0.4, -0.2) is 66.8 Å². The summed E-state index contributed by atoms with van der Waals surface area (Å²) in [5.74, 6) is -1.18. The average Bonchev–Trinajstić information content (AvgIpc) is 2.75. The summed E-state index contributed by atoms with van der Waals surface area (Å²) in [6.07, 6.45) is -6.50. The zero-order chi connectivity index (χ0) is 22.4. The molecule has 10 heteroatoms. The molecule has 1 saturated heterocycles. The molecule has 0 aliphatic carbocycles. The average molecular weight is 432 g/mol. The highest BCUT2D eigenvalue weighted by Crippen LogP contribution is 2.40. The van der Waals surface area contributed by atoms with Crippen molar-refractivity contribution in [2.45, 2.75) is 30.5 Å². The quantitative estimate of drug-likeness (QED) is 0.280. The number of hydrogen-bond acceptors (Lipinski definition) is 10. The highest BCUT2D eigenvalue weighted by molar-refractivity contribution is 5.86. The molecule has 3 aromatic rings. The summed E-state index contributed by atoms with van der Waals surface area (Å²) >= 11 is 0. The molecular formula is C21H20O10. The number of fused-ring (bicyclic) bond motifs is 1. The molecule has 1 aliphatic rings. The minimum absolute atomic E-state index is 0.00910. The first-order valence-corrected chi connectivity index (χ1v) is 9.34. The monoisotopic (exact) mass is 432 g/mol. The van der Waals surface area contributed by atoms with Gasteiger partial charge < -0.3 is 44.9 Å². The zero-order valence-electron chi connectivity index (χ0n) is 15.9. The first-order valence-electron chi connectivity index (χ1n) is 9.34. The Kier molecular flexibility index (Phi) is 5.33. The van der Waals surface area contributed by atoms with Crippen LogP contribution in [0.1, 0.15) is 11.7 Å². The Hall–Kier alpha value is -3.15. The van der Waals surface area contributed by atoms with Crippen molar-refractivity contribution in [1.29, 1.82) is 0 Å². The second kappa shape index (κ2) is 7.84. The Bertz CT molecular complexity index is 1180. The molecule has 4 rings (SSSR count). The van der Waals surface area contributed by atoms with E-state index in [0.717, 1.165) is 6.26 Å². The Morgan fingerprint density at radius 3 is 2.26 bits per heavy atom. The fourth-order valence-electron chi connectivity index (χ4n) is 3.72. The van der Waals surface area contributed by atoms with Crippen LogP contribution in [0.4, 0.5) is 0 Å². The maximum atomic E-state index is 13.1. The summed E-state index contributed by atoms with van der Waals surface area (Å²) in [6.45, 7) is -0.661. The van der Waals surface area contributed by atoms with Gasteiger partial charge in [-0.2, -0.15) is 0 Å². The van der Waals surface area contributed by atoms with E-state index in [9.17, 15) is 40.5 Å². The third kappa shape index (κ3) is 3.40. The molecule has 7 N–H and O–H groups in total. The first kappa shape index (κ1) is 21.1. The molecule has 0 bridgehead atoms. The number of aliphatic hydroxyl groups excluding tert-OH is 4. The number of hydrogen-bond donors (Lipinski definition) is 7. The van der Waals surface area contributed by atoms with Crippen LogP contribution >= 0.6 is 0 Å². The number of rotatable bonds is 3. The second-order valence-corrected chi connectivity index (χ2v) is 7.31. The Morgan fingerprint density at radius 2 is 1.58 bits per heavy atom. The van der Waals surface area contributed by atoms with E-state index in [0.29, 0.717) is 0 Å². The van der Waals surface area contributed by atoms with Crippen LogP contribution in [0, 0.1) is 0 Å². The summed E-state index contributed by atoms with van der Waals surface area (Å²) < 4.78 is 11.1. The summed E-state index contributed by atoms with van der Waals surface area (Å²) in [5, 5.41) is 69.5. The van der Waals surface area contributed by atoms with Crippen molar-refractivity contribution in [2.75, 3.05) is 6.61 Å². The smallest absolute Gasteiger partial charge is 0.200 e. The molecule has 0 spiro atoms. The summed E-state index contributed by atoms with van der Waals surface area (Å²) in [5.41, 5.74) is -0.452. The number of aromatic hydroxyl groups is 3. The van der Waals surface area contributed by atoms with Gasteiger partial charge in [0.25, 0.3) is 0 Å². The lowest BCUT2D eigenvalue weighted by Gasteiger charge is -2.40. The van der Waals surface area contributed by atoms with Gasteiger partial charge in [-0.3, -0.25) is 4.79 Å². The zero-order valence-corrected chi connectivity index (χ0v) is 15.9. The standard InChI is InChI=1S/C21H20O10/c22-6-14-17(27)18(28)19(29)21(31-14)15-12(24)4-2-9-16(26)10(7-30-20(9)15)8-1-3-11(23)13(25)5-8/h1-5,7,14,17-19,21-25,27-29H,6H2/t14-,17-,18+,19-,21+/m1/s1. The van der Waals surface area contributed by atoms with Crippen LogP contribution < -0.4 is 5.43 Å². The van der Waals surface area contributed by atoms with Crippen LogP contribution in [0.2, 0.25) is 0 Å². The maximum absolute atomic E-state index is 13.1. The molecule has 10 nitrogen and oxygen atoms in total. The van der Waals surface area contributed by atoms with Crippen molar-refractivity contribution in [1.82, 2.24) is 0 Å². The third-order valence-electron chi connectivity index (χ3n) is 5.42. The fourth-order valence-corrected chi connectivity index (χ4v) is 3.72. The molecule has 1 fully saturated rings.